The van der Waals surface area contributed by atoms with Gasteiger partial charge in [0, 0.05) is 12.1 Å². The van der Waals surface area contributed by atoms with E-state index in [1.807, 2.05) is 6.08 Å². The molecule has 31 valence electrons. The highest BCUT2D eigenvalue weighted by atomic mass is 16.1. The first-order valence-electron chi connectivity index (χ1n) is 1.75. The van der Waals surface area contributed by atoms with E-state index in [1.165, 1.54) is 0 Å². The second kappa shape index (κ2) is 1.12. The zero-order valence-corrected chi connectivity index (χ0v) is 3.19. The number of carbonyl (C=O) groups excluding carboxylic acids is 1. The molecule has 0 bridgehead atoms. The van der Waals surface area contributed by atoms with Crippen LogP contribution in [-0.4, -0.2) is 6.41 Å². The Hall–Kier alpha value is -0.790. The number of nitrogens with one attached hydrogen (secondary N) is 1. The average molecular weight is 82.1 g/mol. The number of allylic oxidation sites excluding steroid dienone is 2. The predicted octanol–water partition coefficient (Wildman–Crippen LogP) is -0.0692. The van der Waals surface area contributed by atoms with E-state index in [-0.39, 0.29) is 0 Å². The smallest absolute Gasteiger partial charge is 0.313 e. The van der Waals surface area contributed by atoms with Gasteiger partial charge >= 0.3 is 6.41 Å². The molecule has 0 fully saturated rings. The standard InChI is InChI=1S/C4H4NO/c6-3-5-4-1-2-4/h1H,2H2,(H,5,6). The molecule has 2 nitrogen and oxygen atoms in total. The van der Waals surface area contributed by atoms with Gasteiger partial charge in [-0.15, -0.1) is 0 Å². The van der Waals surface area contributed by atoms with Crippen molar-refractivity contribution in [3.63, 3.8) is 0 Å². The summed E-state index contributed by atoms with van der Waals surface area (Å²) in [5, 5.41) is 2.38. The quantitative estimate of drug-likeness (QED) is 0.464. The molecule has 1 aliphatic carbocycles. The van der Waals surface area contributed by atoms with Crippen LogP contribution in [-0.2, 0) is 4.79 Å². The number of hydrogen-bond donors (Lipinski definition) is 1. The van der Waals surface area contributed by atoms with Crippen LogP contribution in [0.3, 0.4) is 0 Å². The molecule has 0 aromatic heterocycles. The zero-order chi connectivity index (χ0) is 4.41. The third kappa shape index (κ3) is 0.578. The van der Waals surface area contributed by atoms with Crippen LogP contribution in [0.4, 0.5) is 0 Å². The molecule has 0 spiro atoms. The molecule has 1 radical (unpaired) electrons. The van der Waals surface area contributed by atoms with Crippen LogP contribution in [0.25, 0.3) is 0 Å². The van der Waals surface area contributed by atoms with Crippen molar-refractivity contribution in [1.29, 1.82) is 0 Å². The Labute approximate surface area is 35.9 Å². The minimum absolute atomic E-state index is 0.940. The first-order chi connectivity index (χ1) is 2.93. The summed E-state index contributed by atoms with van der Waals surface area (Å²) >= 11 is 0. The highest BCUT2D eigenvalue weighted by Gasteiger charge is 2.03. The molecule has 0 aliphatic heterocycles. The SMILES string of the molecule is O=[C]NC1=CC1. The second-order valence-electron chi connectivity index (χ2n) is 1.16. The fourth-order valence-corrected chi connectivity index (χ4v) is 0.219. The van der Waals surface area contributed by atoms with Crippen molar-refractivity contribution in [3.05, 3.63) is 11.8 Å². The summed E-state index contributed by atoms with van der Waals surface area (Å²) in [7, 11) is 0. The zero-order valence-electron chi connectivity index (χ0n) is 3.19. The lowest BCUT2D eigenvalue weighted by Gasteiger charge is -1.75. The summed E-state index contributed by atoms with van der Waals surface area (Å²) in [4.78, 5) is 9.38. The van der Waals surface area contributed by atoms with Gasteiger partial charge in [0.05, 0.1) is 0 Å². The maximum atomic E-state index is 9.38. The average Bonchev–Trinajstić information content (AvgIpc) is 2.21. The number of rotatable bonds is 2. The van der Waals surface area contributed by atoms with Gasteiger partial charge in [-0.25, -0.2) is 0 Å². The van der Waals surface area contributed by atoms with Gasteiger partial charge in [-0.05, 0) is 0 Å². The van der Waals surface area contributed by atoms with E-state index < -0.39 is 0 Å². The summed E-state index contributed by atoms with van der Waals surface area (Å²) in [6, 6.07) is 0. The third-order valence-electron chi connectivity index (χ3n) is 0.620. The Morgan fingerprint density at radius 2 is 2.67 bits per heavy atom. The molecule has 1 rings (SSSR count). The lowest BCUT2D eigenvalue weighted by molar-refractivity contribution is 0.549. The highest BCUT2D eigenvalue weighted by Crippen LogP contribution is 2.11. The van der Waals surface area contributed by atoms with Crippen LogP contribution in [0.1, 0.15) is 6.42 Å². The molecule has 0 heterocycles. The molecule has 0 saturated heterocycles. The molecule has 1 amide bonds. The van der Waals surface area contributed by atoms with Crippen molar-refractivity contribution in [2.24, 2.45) is 0 Å². The van der Waals surface area contributed by atoms with Gasteiger partial charge in [0.2, 0.25) is 0 Å². The summed E-state index contributed by atoms with van der Waals surface area (Å²) < 4.78 is 0. The Kier molecular flexibility index (Phi) is 0.638. The van der Waals surface area contributed by atoms with E-state index >= 15 is 0 Å². The maximum absolute atomic E-state index is 9.38. The van der Waals surface area contributed by atoms with Gasteiger partial charge in [0.25, 0.3) is 0 Å². The van der Waals surface area contributed by atoms with Gasteiger partial charge < -0.3 is 5.32 Å². The summed E-state index contributed by atoms with van der Waals surface area (Å²) in [5.41, 5.74) is 0.991. The van der Waals surface area contributed by atoms with E-state index in [0.29, 0.717) is 0 Å². The third-order valence-corrected chi connectivity index (χ3v) is 0.620. The van der Waals surface area contributed by atoms with Gasteiger partial charge in [-0.3, -0.25) is 4.79 Å². The van der Waals surface area contributed by atoms with Crippen LogP contribution in [0, 0.1) is 0 Å². The van der Waals surface area contributed by atoms with Gasteiger partial charge in [-0.2, -0.15) is 0 Å². The van der Waals surface area contributed by atoms with Crippen LogP contribution >= 0.6 is 0 Å². The van der Waals surface area contributed by atoms with Crippen LogP contribution in [0.5, 0.6) is 0 Å². The van der Waals surface area contributed by atoms with Crippen LogP contribution in [0.15, 0.2) is 11.8 Å². The number of hydrogen-bond acceptors (Lipinski definition) is 1. The molecule has 0 aromatic rings. The van der Waals surface area contributed by atoms with E-state index in [9.17, 15) is 4.79 Å². The lowest BCUT2D eigenvalue weighted by Crippen LogP contribution is -2.00. The van der Waals surface area contributed by atoms with E-state index in [2.05, 4.69) is 5.32 Å². The molecule has 0 unspecified atom stereocenters. The van der Waals surface area contributed by atoms with Crippen molar-refractivity contribution in [3.8, 4) is 0 Å². The molecule has 1 N–H and O–H groups in total. The summed E-state index contributed by atoms with van der Waals surface area (Å²) in [5.74, 6) is 0. The van der Waals surface area contributed by atoms with E-state index in [1.54, 1.807) is 6.41 Å². The van der Waals surface area contributed by atoms with Gasteiger partial charge in [0.1, 0.15) is 0 Å². The Morgan fingerprint density at radius 3 is 2.83 bits per heavy atom. The minimum Gasteiger partial charge on any atom is -0.321 e. The largest absolute Gasteiger partial charge is 0.321 e. The monoisotopic (exact) mass is 82.0 g/mol. The van der Waals surface area contributed by atoms with Crippen molar-refractivity contribution in [1.82, 2.24) is 5.32 Å². The molecule has 0 atom stereocenters. The van der Waals surface area contributed by atoms with Gasteiger partial charge in [-0.1, -0.05) is 6.08 Å². The summed E-state index contributed by atoms with van der Waals surface area (Å²) in [6.45, 7) is 0. The fourth-order valence-electron chi connectivity index (χ4n) is 0.219. The maximum Gasteiger partial charge on any atom is 0.313 e. The predicted molar refractivity (Wildman–Crippen MR) is 21.5 cm³/mol. The van der Waals surface area contributed by atoms with Crippen molar-refractivity contribution in [2.45, 2.75) is 6.42 Å². The minimum atomic E-state index is 0.940. The Balaban J connectivity index is 2.16. The molecule has 6 heavy (non-hydrogen) atoms. The highest BCUT2D eigenvalue weighted by molar-refractivity contribution is 5.53. The first kappa shape index (κ1) is 3.40. The van der Waals surface area contributed by atoms with E-state index in [4.69, 9.17) is 0 Å². The Bertz CT molecular complexity index is 95.7. The Morgan fingerprint density at radius 1 is 2.00 bits per heavy atom. The molecule has 2 heteroatoms. The number of amides is 1. The fraction of sp³-hybridized carbons (Fsp3) is 0.250. The molecule has 0 aromatic carbocycles. The molecular weight excluding hydrogens is 78.0 g/mol. The molecular formula is C4H4NO. The van der Waals surface area contributed by atoms with E-state index in [0.717, 1.165) is 12.1 Å². The van der Waals surface area contributed by atoms with Crippen molar-refractivity contribution in [2.75, 3.05) is 0 Å². The second-order valence-corrected chi connectivity index (χ2v) is 1.16. The lowest BCUT2D eigenvalue weighted by atomic mass is 10.8. The molecule has 0 saturated carbocycles. The van der Waals surface area contributed by atoms with Crippen molar-refractivity contribution >= 4 is 6.41 Å². The normalized spacial score (nSPS) is 15.7. The topological polar surface area (TPSA) is 29.1 Å². The van der Waals surface area contributed by atoms with Gasteiger partial charge in [0.15, 0.2) is 0 Å². The van der Waals surface area contributed by atoms with Crippen LogP contribution in [0.2, 0.25) is 0 Å². The van der Waals surface area contributed by atoms with Crippen molar-refractivity contribution < 1.29 is 4.79 Å². The van der Waals surface area contributed by atoms with Crippen LogP contribution < -0.4 is 5.32 Å². The summed E-state index contributed by atoms with van der Waals surface area (Å²) in [6.07, 6.45) is 4.42. The molecule has 1 aliphatic rings. The first-order valence-corrected chi connectivity index (χ1v) is 1.75.